The van der Waals surface area contributed by atoms with E-state index >= 15 is 0 Å². The summed E-state index contributed by atoms with van der Waals surface area (Å²) in [6.07, 6.45) is 0. The van der Waals surface area contributed by atoms with Gasteiger partial charge in [-0.1, -0.05) is 0 Å². The van der Waals surface area contributed by atoms with Crippen molar-refractivity contribution in [3.63, 3.8) is 0 Å². The molecule has 0 unspecified atom stereocenters. The first-order valence-corrected chi connectivity index (χ1v) is 6.82. The van der Waals surface area contributed by atoms with Crippen LogP contribution in [0.5, 0.6) is 5.75 Å². The van der Waals surface area contributed by atoms with Crippen LogP contribution in [0.4, 0.5) is 11.4 Å². The molecule has 1 aromatic rings. The van der Waals surface area contributed by atoms with Crippen molar-refractivity contribution < 1.29 is 9.66 Å². The third-order valence-electron chi connectivity index (χ3n) is 2.74. The van der Waals surface area contributed by atoms with E-state index in [0.29, 0.717) is 18.0 Å². The van der Waals surface area contributed by atoms with E-state index in [1.54, 1.807) is 19.2 Å². The number of likely N-dealkylation sites (N-methyl/N-ethyl adjacent to an activating group) is 2. The molecule has 0 heterocycles. The van der Waals surface area contributed by atoms with Gasteiger partial charge in [0.25, 0.3) is 5.69 Å². The predicted molar refractivity (Wildman–Crippen MR) is 84.2 cm³/mol. The van der Waals surface area contributed by atoms with Crippen LogP contribution in [0.2, 0.25) is 0 Å². The molecule has 0 amide bonds. The van der Waals surface area contributed by atoms with Crippen LogP contribution in [-0.4, -0.2) is 51.2 Å². The molecule has 0 radical (unpaired) electrons. The van der Waals surface area contributed by atoms with Gasteiger partial charge in [0.05, 0.1) is 15.6 Å². The molecule has 0 saturated carbocycles. The number of nitro benzene ring substituents is 1. The first-order chi connectivity index (χ1) is 8.86. The van der Waals surface area contributed by atoms with Gasteiger partial charge in [-0.3, -0.25) is 10.1 Å². The Hall–Kier alpha value is -1.09. The number of methoxy groups -OCH3 is 1. The fourth-order valence-electron chi connectivity index (χ4n) is 1.61. The average molecular weight is 379 g/mol. The summed E-state index contributed by atoms with van der Waals surface area (Å²) >= 11 is 2.04. The zero-order valence-electron chi connectivity index (χ0n) is 11.5. The number of rotatable bonds is 6. The van der Waals surface area contributed by atoms with Gasteiger partial charge in [0.15, 0.2) is 0 Å². The Morgan fingerprint density at radius 1 is 1.32 bits per heavy atom. The highest BCUT2D eigenvalue weighted by molar-refractivity contribution is 14.1. The summed E-state index contributed by atoms with van der Waals surface area (Å²) in [6, 6.07) is 3.26. The highest BCUT2D eigenvalue weighted by atomic mass is 127. The molecule has 7 heteroatoms. The molecule has 1 rings (SSSR count). The highest BCUT2D eigenvalue weighted by Crippen LogP contribution is 2.35. The molecule has 0 saturated heterocycles. The first kappa shape index (κ1) is 16.0. The summed E-state index contributed by atoms with van der Waals surface area (Å²) in [5.74, 6) is 0.651. The summed E-state index contributed by atoms with van der Waals surface area (Å²) < 4.78 is 5.96. The van der Waals surface area contributed by atoms with Crippen molar-refractivity contribution in [2.75, 3.05) is 46.2 Å². The van der Waals surface area contributed by atoms with Crippen molar-refractivity contribution in [2.45, 2.75) is 0 Å². The lowest BCUT2D eigenvalue weighted by atomic mass is 10.2. The van der Waals surface area contributed by atoms with Gasteiger partial charge >= 0.3 is 0 Å². The number of nitro groups is 1. The van der Waals surface area contributed by atoms with Crippen LogP contribution < -0.4 is 9.64 Å². The van der Waals surface area contributed by atoms with Crippen molar-refractivity contribution >= 4 is 34.0 Å². The van der Waals surface area contributed by atoms with E-state index in [0.717, 1.165) is 10.1 Å². The highest BCUT2D eigenvalue weighted by Gasteiger charge is 2.20. The molecule has 0 aromatic heterocycles. The second-order valence-electron chi connectivity index (χ2n) is 4.46. The van der Waals surface area contributed by atoms with Gasteiger partial charge in [0.1, 0.15) is 11.4 Å². The zero-order chi connectivity index (χ0) is 14.6. The lowest BCUT2D eigenvalue weighted by Gasteiger charge is -2.22. The molecule has 0 aliphatic rings. The fraction of sp³-hybridized carbons (Fsp3) is 0.500. The Bertz CT molecular complexity index is 466. The molecular formula is C12H18IN3O3. The molecule has 0 aliphatic carbocycles. The number of hydrogen-bond acceptors (Lipinski definition) is 5. The average Bonchev–Trinajstić information content (AvgIpc) is 2.35. The Labute approximate surface area is 126 Å². The predicted octanol–water partition coefficient (Wildman–Crippen LogP) is 2.21. The van der Waals surface area contributed by atoms with Crippen molar-refractivity contribution in [1.29, 1.82) is 0 Å². The number of hydrogen-bond donors (Lipinski definition) is 0. The third kappa shape index (κ3) is 4.20. The van der Waals surface area contributed by atoms with E-state index in [-0.39, 0.29) is 10.6 Å². The van der Waals surface area contributed by atoms with Gasteiger partial charge in [0, 0.05) is 32.3 Å². The minimum Gasteiger partial charge on any atom is -0.496 e. The quantitative estimate of drug-likeness (QED) is 0.431. The lowest BCUT2D eigenvalue weighted by Crippen LogP contribution is -2.28. The number of benzene rings is 1. The topological polar surface area (TPSA) is 58.8 Å². The first-order valence-electron chi connectivity index (χ1n) is 5.74. The molecule has 0 aliphatic heterocycles. The summed E-state index contributed by atoms with van der Waals surface area (Å²) in [5.41, 5.74) is 0.676. The van der Waals surface area contributed by atoms with Crippen LogP contribution in [0.25, 0.3) is 0 Å². The molecular weight excluding hydrogens is 361 g/mol. The minimum absolute atomic E-state index is 0.103. The maximum absolute atomic E-state index is 11.1. The van der Waals surface area contributed by atoms with Crippen LogP contribution in [0.3, 0.4) is 0 Å². The molecule has 19 heavy (non-hydrogen) atoms. The number of anilines is 1. The smallest absolute Gasteiger partial charge is 0.293 e. The molecule has 6 nitrogen and oxygen atoms in total. The van der Waals surface area contributed by atoms with Gasteiger partial charge in [-0.05, 0) is 36.7 Å². The lowest BCUT2D eigenvalue weighted by molar-refractivity contribution is -0.384. The van der Waals surface area contributed by atoms with Gasteiger partial charge in [-0.25, -0.2) is 0 Å². The van der Waals surface area contributed by atoms with E-state index in [2.05, 4.69) is 0 Å². The van der Waals surface area contributed by atoms with Crippen molar-refractivity contribution in [3.8, 4) is 5.75 Å². The fourth-order valence-corrected chi connectivity index (χ4v) is 2.28. The zero-order valence-corrected chi connectivity index (χ0v) is 13.7. The maximum atomic E-state index is 11.1. The van der Waals surface area contributed by atoms with Crippen LogP contribution in [-0.2, 0) is 0 Å². The monoisotopic (exact) mass is 379 g/mol. The number of nitrogens with zero attached hydrogens (tertiary/aromatic N) is 3. The van der Waals surface area contributed by atoms with Crippen LogP contribution >= 0.6 is 22.6 Å². The maximum Gasteiger partial charge on any atom is 0.293 e. The summed E-state index contributed by atoms with van der Waals surface area (Å²) in [4.78, 5) is 14.7. The second kappa shape index (κ2) is 6.90. The summed E-state index contributed by atoms with van der Waals surface area (Å²) in [5, 5.41) is 11.1. The van der Waals surface area contributed by atoms with Crippen LogP contribution in [0.1, 0.15) is 0 Å². The summed E-state index contributed by atoms with van der Waals surface area (Å²) in [6.45, 7) is 1.53. The Kier molecular flexibility index (Phi) is 5.80. The number of ether oxygens (including phenoxy) is 1. The van der Waals surface area contributed by atoms with E-state index in [1.165, 1.54) is 0 Å². The van der Waals surface area contributed by atoms with Gasteiger partial charge in [-0.2, -0.15) is 0 Å². The Balaban J connectivity index is 3.12. The van der Waals surface area contributed by atoms with E-state index in [1.807, 2.05) is 53.5 Å². The SMILES string of the molecule is COc1cc(N(C)CCN(C)C)c([N+](=O)[O-])cc1I. The van der Waals surface area contributed by atoms with Gasteiger partial charge in [0.2, 0.25) is 0 Å². The van der Waals surface area contributed by atoms with Gasteiger partial charge < -0.3 is 14.5 Å². The largest absolute Gasteiger partial charge is 0.496 e. The third-order valence-corrected chi connectivity index (χ3v) is 3.58. The minimum atomic E-state index is -0.358. The molecule has 1 aromatic carbocycles. The molecule has 106 valence electrons. The van der Waals surface area contributed by atoms with E-state index in [4.69, 9.17) is 4.74 Å². The van der Waals surface area contributed by atoms with Crippen LogP contribution in [0.15, 0.2) is 12.1 Å². The van der Waals surface area contributed by atoms with Crippen molar-refractivity contribution in [1.82, 2.24) is 4.90 Å². The summed E-state index contributed by atoms with van der Waals surface area (Å²) in [7, 11) is 7.35. The van der Waals surface area contributed by atoms with E-state index in [9.17, 15) is 10.1 Å². The Morgan fingerprint density at radius 3 is 2.42 bits per heavy atom. The molecule has 0 N–H and O–H groups in total. The van der Waals surface area contributed by atoms with Crippen molar-refractivity contribution in [2.24, 2.45) is 0 Å². The molecule has 0 fully saturated rings. The van der Waals surface area contributed by atoms with Crippen LogP contribution in [0, 0.1) is 13.7 Å². The molecule has 0 spiro atoms. The van der Waals surface area contributed by atoms with Gasteiger partial charge in [-0.15, -0.1) is 0 Å². The van der Waals surface area contributed by atoms with E-state index < -0.39 is 0 Å². The Morgan fingerprint density at radius 2 is 1.95 bits per heavy atom. The standard InChI is InChI=1S/C12H18IN3O3/c1-14(2)5-6-15(3)10-8-12(19-4)9(13)7-11(10)16(17)18/h7-8H,5-6H2,1-4H3. The normalized spacial score (nSPS) is 10.6. The second-order valence-corrected chi connectivity index (χ2v) is 5.62. The molecule has 0 atom stereocenters. The molecule has 0 bridgehead atoms. The van der Waals surface area contributed by atoms with Crippen molar-refractivity contribution in [3.05, 3.63) is 25.8 Å². The number of halogens is 1.